The summed E-state index contributed by atoms with van der Waals surface area (Å²) in [6.45, 7) is 3.41. The summed E-state index contributed by atoms with van der Waals surface area (Å²) in [7, 11) is 0. The molecule has 1 aromatic rings. The highest BCUT2D eigenvalue weighted by Crippen LogP contribution is 2.16. The number of nitro groups is 1. The summed E-state index contributed by atoms with van der Waals surface area (Å²) in [6.07, 6.45) is 0.301. The number of benzene rings is 1. The van der Waals surface area contributed by atoms with Crippen molar-refractivity contribution in [1.29, 1.82) is 0 Å². The summed E-state index contributed by atoms with van der Waals surface area (Å²) in [5.74, 6) is -1.93. The van der Waals surface area contributed by atoms with Crippen molar-refractivity contribution < 1.29 is 19.6 Å². The number of carboxylic acids is 1. The van der Waals surface area contributed by atoms with E-state index in [1.54, 1.807) is 19.9 Å². The number of hydrogen-bond donors (Lipinski definition) is 2. The lowest BCUT2D eigenvalue weighted by atomic mass is 10.1. The Kier molecular flexibility index (Phi) is 5.19. The lowest BCUT2D eigenvalue weighted by Gasteiger charge is -2.08. The van der Waals surface area contributed by atoms with Gasteiger partial charge in [-0.2, -0.15) is 0 Å². The number of carboxylic acid groups (broad SMARTS) is 1. The fraction of sp³-hybridized carbons (Fsp3) is 0.385. The van der Waals surface area contributed by atoms with E-state index in [-0.39, 0.29) is 17.8 Å². The van der Waals surface area contributed by atoms with Gasteiger partial charge < -0.3 is 10.4 Å². The first-order chi connectivity index (χ1) is 9.31. The molecular formula is C13H16N2O5. The Hall–Kier alpha value is -2.44. The molecule has 1 unspecified atom stereocenters. The van der Waals surface area contributed by atoms with Crippen molar-refractivity contribution in [2.24, 2.45) is 5.92 Å². The van der Waals surface area contributed by atoms with Crippen LogP contribution in [0.2, 0.25) is 0 Å². The van der Waals surface area contributed by atoms with E-state index in [1.165, 1.54) is 12.1 Å². The molecule has 108 valence electrons. The van der Waals surface area contributed by atoms with Crippen LogP contribution in [0.25, 0.3) is 0 Å². The molecule has 0 radical (unpaired) electrons. The molecule has 20 heavy (non-hydrogen) atoms. The molecule has 0 heterocycles. The van der Waals surface area contributed by atoms with Crippen molar-refractivity contribution in [1.82, 2.24) is 5.32 Å². The molecule has 7 nitrogen and oxygen atoms in total. The van der Waals surface area contributed by atoms with Gasteiger partial charge in [-0.1, -0.05) is 6.92 Å². The van der Waals surface area contributed by atoms with Gasteiger partial charge in [0.15, 0.2) is 0 Å². The molecule has 7 heteroatoms. The van der Waals surface area contributed by atoms with E-state index in [9.17, 15) is 19.7 Å². The topological polar surface area (TPSA) is 110 Å². The van der Waals surface area contributed by atoms with Crippen LogP contribution in [0.15, 0.2) is 18.2 Å². The van der Waals surface area contributed by atoms with Crippen LogP contribution in [0.1, 0.15) is 29.3 Å². The zero-order chi connectivity index (χ0) is 15.3. The van der Waals surface area contributed by atoms with Crippen molar-refractivity contribution in [3.63, 3.8) is 0 Å². The highest BCUT2D eigenvalue weighted by atomic mass is 16.6. The number of aryl methyl sites for hydroxylation is 1. The number of aliphatic carboxylic acids is 1. The standard InChI is InChI=1S/C13H16N2O5/c1-8-5-10(7-11(6-8)15(19)20)12(16)14-4-3-9(2)13(17)18/h5-7,9H,3-4H2,1-2H3,(H,14,16)(H,17,18). The van der Waals surface area contributed by atoms with Crippen molar-refractivity contribution in [3.8, 4) is 0 Å². The zero-order valence-corrected chi connectivity index (χ0v) is 11.3. The minimum absolute atomic E-state index is 0.144. The van der Waals surface area contributed by atoms with Crippen LogP contribution < -0.4 is 5.32 Å². The van der Waals surface area contributed by atoms with Gasteiger partial charge in [0.25, 0.3) is 11.6 Å². The average Bonchev–Trinajstić information content (AvgIpc) is 2.37. The monoisotopic (exact) mass is 280 g/mol. The van der Waals surface area contributed by atoms with Gasteiger partial charge in [-0.3, -0.25) is 19.7 Å². The predicted octanol–water partition coefficient (Wildman–Crippen LogP) is 1.74. The van der Waals surface area contributed by atoms with Crippen molar-refractivity contribution >= 4 is 17.6 Å². The van der Waals surface area contributed by atoms with Gasteiger partial charge in [-0.05, 0) is 25.0 Å². The molecule has 1 rings (SSSR count). The first-order valence-electron chi connectivity index (χ1n) is 6.08. The maximum atomic E-state index is 11.8. The van der Waals surface area contributed by atoms with E-state index < -0.39 is 22.7 Å². The molecule has 1 atom stereocenters. The third-order valence-corrected chi connectivity index (χ3v) is 2.82. The van der Waals surface area contributed by atoms with Crippen molar-refractivity contribution in [2.75, 3.05) is 6.54 Å². The van der Waals surface area contributed by atoms with Gasteiger partial charge in [0.05, 0.1) is 10.8 Å². The summed E-state index contributed by atoms with van der Waals surface area (Å²) >= 11 is 0. The Morgan fingerprint density at radius 3 is 2.60 bits per heavy atom. The molecule has 0 bridgehead atoms. The first-order valence-corrected chi connectivity index (χ1v) is 6.08. The Morgan fingerprint density at radius 1 is 1.40 bits per heavy atom. The first kappa shape index (κ1) is 15.6. The fourth-order valence-electron chi connectivity index (χ4n) is 1.63. The van der Waals surface area contributed by atoms with Crippen LogP contribution >= 0.6 is 0 Å². The Balaban J connectivity index is 2.68. The lowest BCUT2D eigenvalue weighted by Crippen LogP contribution is -2.27. The second kappa shape index (κ2) is 6.65. The molecule has 0 aliphatic rings. The number of carbonyl (C=O) groups is 2. The van der Waals surface area contributed by atoms with Gasteiger partial charge in [0.1, 0.15) is 0 Å². The molecular weight excluding hydrogens is 264 g/mol. The number of nitrogens with one attached hydrogen (secondary N) is 1. The van der Waals surface area contributed by atoms with E-state index in [0.29, 0.717) is 12.0 Å². The quantitative estimate of drug-likeness (QED) is 0.609. The number of carbonyl (C=O) groups excluding carboxylic acids is 1. The smallest absolute Gasteiger partial charge is 0.306 e. The second-order valence-electron chi connectivity index (χ2n) is 4.60. The van der Waals surface area contributed by atoms with E-state index in [4.69, 9.17) is 5.11 Å². The van der Waals surface area contributed by atoms with Gasteiger partial charge in [-0.25, -0.2) is 0 Å². The Morgan fingerprint density at radius 2 is 2.05 bits per heavy atom. The number of nitrogens with zero attached hydrogens (tertiary/aromatic N) is 1. The summed E-state index contributed by atoms with van der Waals surface area (Å²) in [6, 6.07) is 4.12. The van der Waals surface area contributed by atoms with E-state index in [2.05, 4.69) is 5.32 Å². The van der Waals surface area contributed by atoms with Crippen LogP contribution in [0.5, 0.6) is 0 Å². The summed E-state index contributed by atoms with van der Waals surface area (Å²) in [4.78, 5) is 32.6. The molecule has 0 aromatic heterocycles. The van der Waals surface area contributed by atoms with Gasteiger partial charge in [-0.15, -0.1) is 0 Å². The van der Waals surface area contributed by atoms with Crippen molar-refractivity contribution in [3.05, 3.63) is 39.4 Å². The lowest BCUT2D eigenvalue weighted by molar-refractivity contribution is -0.384. The molecule has 0 saturated heterocycles. The van der Waals surface area contributed by atoms with Crippen LogP contribution in [-0.4, -0.2) is 28.5 Å². The number of amides is 1. The second-order valence-corrected chi connectivity index (χ2v) is 4.60. The predicted molar refractivity (Wildman–Crippen MR) is 71.6 cm³/mol. The Labute approximate surface area is 115 Å². The fourth-order valence-corrected chi connectivity index (χ4v) is 1.63. The molecule has 0 aliphatic heterocycles. The summed E-state index contributed by atoms with van der Waals surface area (Å²) < 4.78 is 0. The minimum atomic E-state index is -0.926. The third-order valence-electron chi connectivity index (χ3n) is 2.82. The highest BCUT2D eigenvalue weighted by Gasteiger charge is 2.14. The van der Waals surface area contributed by atoms with Gasteiger partial charge in [0.2, 0.25) is 0 Å². The summed E-state index contributed by atoms with van der Waals surface area (Å²) in [5.41, 5.74) is 0.664. The normalized spacial score (nSPS) is 11.7. The average molecular weight is 280 g/mol. The Bertz CT molecular complexity index is 542. The third kappa shape index (κ3) is 4.34. The van der Waals surface area contributed by atoms with Gasteiger partial charge >= 0.3 is 5.97 Å². The zero-order valence-electron chi connectivity index (χ0n) is 11.3. The van der Waals surface area contributed by atoms with Crippen LogP contribution in [0, 0.1) is 23.0 Å². The number of hydrogen-bond acceptors (Lipinski definition) is 4. The number of rotatable bonds is 6. The van der Waals surface area contributed by atoms with E-state index >= 15 is 0 Å². The molecule has 2 N–H and O–H groups in total. The van der Waals surface area contributed by atoms with Crippen molar-refractivity contribution in [2.45, 2.75) is 20.3 Å². The van der Waals surface area contributed by atoms with E-state index in [1.807, 2.05) is 0 Å². The molecule has 0 saturated carbocycles. The molecule has 0 fully saturated rings. The number of non-ortho nitro benzene ring substituents is 1. The number of nitro benzene ring substituents is 1. The van der Waals surface area contributed by atoms with Crippen LogP contribution in [0.4, 0.5) is 5.69 Å². The maximum Gasteiger partial charge on any atom is 0.306 e. The maximum absolute atomic E-state index is 11.8. The van der Waals surface area contributed by atoms with Crippen LogP contribution in [-0.2, 0) is 4.79 Å². The minimum Gasteiger partial charge on any atom is -0.481 e. The van der Waals surface area contributed by atoms with Gasteiger partial charge in [0, 0.05) is 24.2 Å². The SMILES string of the molecule is Cc1cc(C(=O)NCCC(C)C(=O)O)cc([N+](=O)[O-])c1. The highest BCUT2D eigenvalue weighted by molar-refractivity contribution is 5.95. The molecule has 0 spiro atoms. The molecule has 1 amide bonds. The largest absolute Gasteiger partial charge is 0.481 e. The van der Waals surface area contributed by atoms with E-state index in [0.717, 1.165) is 0 Å². The molecule has 1 aromatic carbocycles. The summed E-state index contributed by atoms with van der Waals surface area (Å²) in [5, 5.41) is 22.0. The molecule has 0 aliphatic carbocycles. The van der Waals surface area contributed by atoms with Crippen LogP contribution in [0.3, 0.4) is 0 Å².